The van der Waals surface area contributed by atoms with Crippen LogP contribution in [0.2, 0.25) is 0 Å². The van der Waals surface area contributed by atoms with Crippen LogP contribution in [0.4, 0.5) is 0 Å². The minimum Gasteiger partial charge on any atom is -0.480 e. The third-order valence-corrected chi connectivity index (χ3v) is 3.38. The third-order valence-electron chi connectivity index (χ3n) is 1.82. The molecule has 1 rings (SSSR count). The number of carboxylic acid groups (broad SMARTS) is 1. The first-order valence-electron chi connectivity index (χ1n) is 4.19. The highest BCUT2D eigenvalue weighted by Gasteiger charge is 2.23. The number of nitrogens with one attached hydrogen (secondary N) is 2. The first kappa shape index (κ1) is 11.4. The van der Waals surface area contributed by atoms with E-state index in [1.807, 2.05) is 4.72 Å². The quantitative estimate of drug-likeness (QED) is 0.503. The molecule has 0 aromatic carbocycles. The van der Waals surface area contributed by atoms with Crippen LogP contribution in [-0.4, -0.2) is 56.5 Å². The average Bonchev–Trinajstić information content (AvgIpc) is 2.16. The lowest BCUT2D eigenvalue weighted by Gasteiger charge is -2.26. The third kappa shape index (κ3) is 3.22. The van der Waals surface area contributed by atoms with Crippen LogP contribution in [0.3, 0.4) is 0 Å². The molecule has 3 N–H and O–H groups in total. The Morgan fingerprint density at radius 2 is 2.00 bits per heavy atom. The monoisotopic (exact) mass is 223 g/mol. The Hall–Kier alpha value is -0.700. The average molecular weight is 223 g/mol. The first-order valence-corrected chi connectivity index (χ1v) is 5.63. The summed E-state index contributed by atoms with van der Waals surface area (Å²) in [5.41, 5.74) is 0. The molecule has 0 bridgehead atoms. The van der Waals surface area contributed by atoms with E-state index in [2.05, 4.69) is 5.32 Å². The van der Waals surface area contributed by atoms with Crippen molar-refractivity contribution in [1.82, 2.24) is 14.3 Å². The van der Waals surface area contributed by atoms with Crippen LogP contribution in [0.15, 0.2) is 0 Å². The summed E-state index contributed by atoms with van der Waals surface area (Å²) in [6.45, 7) is 1.35. The van der Waals surface area contributed by atoms with Gasteiger partial charge in [0.25, 0.3) is 10.2 Å². The van der Waals surface area contributed by atoms with Gasteiger partial charge >= 0.3 is 5.97 Å². The van der Waals surface area contributed by atoms with E-state index in [0.29, 0.717) is 26.2 Å². The first-order chi connectivity index (χ1) is 6.52. The van der Waals surface area contributed by atoms with Crippen molar-refractivity contribution in [2.24, 2.45) is 0 Å². The van der Waals surface area contributed by atoms with Crippen LogP contribution in [0.5, 0.6) is 0 Å². The zero-order chi connectivity index (χ0) is 10.6. The van der Waals surface area contributed by atoms with Gasteiger partial charge in [-0.1, -0.05) is 0 Å². The Kier molecular flexibility index (Phi) is 3.81. The van der Waals surface area contributed by atoms with E-state index in [0.717, 1.165) is 0 Å². The van der Waals surface area contributed by atoms with Gasteiger partial charge in [-0.15, -0.1) is 0 Å². The van der Waals surface area contributed by atoms with Crippen molar-refractivity contribution in [2.45, 2.75) is 0 Å². The van der Waals surface area contributed by atoms with Gasteiger partial charge in [0.05, 0.1) is 0 Å². The van der Waals surface area contributed by atoms with Gasteiger partial charge in [0.15, 0.2) is 0 Å². The summed E-state index contributed by atoms with van der Waals surface area (Å²) in [5, 5.41) is 11.3. The van der Waals surface area contributed by atoms with Crippen LogP contribution in [0.25, 0.3) is 0 Å². The standard InChI is InChI=1S/C6H13N3O4S/c10-6(11)5-8-14(12,13)9-3-1-7-2-4-9/h7-8H,1-5H2,(H,10,11). The zero-order valence-electron chi connectivity index (χ0n) is 7.56. The molecule has 0 radical (unpaired) electrons. The molecule has 1 heterocycles. The highest BCUT2D eigenvalue weighted by Crippen LogP contribution is 1.98. The summed E-state index contributed by atoms with van der Waals surface area (Å²) in [5.74, 6) is -1.19. The number of hydrogen-bond acceptors (Lipinski definition) is 4. The van der Waals surface area contributed by atoms with Gasteiger partial charge in [0.1, 0.15) is 6.54 Å². The molecule has 1 saturated heterocycles. The molecule has 82 valence electrons. The molecule has 1 aliphatic heterocycles. The molecule has 0 aliphatic carbocycles. The van der Waals surface area contributed by atoms with Crippen molar-refractivity contribution in [3.8, 4) is 0 Å². The van der Waals surface area contributed by atoms with Crippen molar-refractivity contribution < 1.29 is 18.3 Å². The molecule has 0 aromatic heterocycles. The smallest absolute Gasteiger partial charge is 0.318 e. The van der Waals surface area contributed by atoms with Crippen LogP contribution in [0, 0.1) is 0 Å². The molecular formula is C6H13N3O4S. The fourth-order valence-electron chi connectivity index (χ4n) is 1.13. The molecular weight excluding hydrogens is 210 g/mol. The molecule has 1 fully saturated rings. The number of piperazine rings is 1. The Balaban J connectivity index is 2.50. The maximum Gasteiger partial charge on any atom is 0.318 e. The maximum atomic E-state index is 11.4. The maximum absolute atomic E-state index is 11.4. The van der Waals surface area contributed by atoms with E-state index in [4.69, 9.17) is 5.11 Å². The Morgan fingerprint density at radius 1 is 1.43 bits per heavy atom. The largest absolute Gasteiger partial charge is 0.480 e. The second kappa shape index (κ2) is 4.69. The Bertz CT molecular complexity index is 296. The second-order valence-electron chi connectivity index (χ2n) is 2.87. The number of carboxylic acids is 1. The van der Waals surface area contributed by atoms with E-state index in [9.17, 15) is 13.2 Å². The van der Waals surface area contributed by atoms with Gasteiger partial charge in [-0.2, -0.15) is 17.4 Å². The molecule has 0 saturated carbocycles. The normalized spacial score (nSPS) is 19.4. The predicted octanol–water partition coefficient (Wildman–Crippen LogP) is -2.19. The van der Waals surface area contributed by atoms with Gasteiger partial charge < -0.3 is 10.4 Å². The Labute approximate surface area is 82.3 Å². The molecule has 14 heavy (non-hydrogen) atoms. The summed E-state index contributed by atoms with van der Waals surface area (Å²) >= 11 is 0. The summed E-state index contributed by atoms with van der Waals surface area (Å²) in [4.78, 5) is 10.2. The molecule has 1 aliphatic rings. The van der Waals surface area contributed by atoms with Crippen LogP contribution >= 0.6 is 0 Å². The SMILES string of the molecule is O=C(O)CNS(=O)(=O)N1CCNCC1. The lowest BCUT2D eigenvalue weighted by molar-refractivity contribution is -0.135. The summed E-state index contributed by atoms with van der Waals surface area (Å²) in [6.07, 6.45) is 0. The number of rotatable bonds is 4. The minimum atomic E-state index is -3.62. The van der Waals surface area contributed by atoms with Crippen molar-refractivity contribution in [3.05, 3.63) is 0 Å². The van der Waals surface area contributed by atoms with E-state index in [1.165, 1.54) is 4.31 Å². The van der Waals surface area contributed by atoms with Crippen molar-refractivity contribution in [2.75, 3.05) is 32.7 Å². The fraction of sp³-hybridized carbons (Fsp3) is 0.833. The Morgan fingerprint density at radius 3 is 2.50 bits per heavy atom. The molecule has 0 spiro atoms. The van der Waals surface area contributed by atoms with Gasteiger partial charge in [-0.25, -0.2) is 0 Å². The highest BCUT2D eigenvalue weighted by molar-refractivity contribution is 7.87. The molecule has 7 nitrogen and oxygen atoms in total. The van der Waals surface area contributed by atoms with E-state index >= 15 is 0 Å². The van der Waals surface area contributed by atoms with Gasteiger partial charge in [0, 0.05) is 26.2 Å². The highest BCUT2D eigenvalue weighted by atomic mass is 32.2. The molecule has 0 atom stereocenters. The van der Waals surface area contributed by atoms with Crippen LogP contribution < -0.4 is 10.0 Å². The fourth-order valence-corrected chi connectivity index (χ4v) is 2.28. The van der Waals surface area contributed by atoms with E-state index in [-0.39, 0.29) is 0 Å². The number of aliphatic carboxylic acids is 1. The summed E-state index contributed by atoms with van der Waals surface area (Å²) in [6, 6.07) is 0. The van der Waals surface area contributed by atoms with Crippen molar-refractivity contribution >= 4 is 16.2 Å². The number of hydrogen-bond donors (Lipinski definition) is 3. The summed E-state index contributed by atoms with van der Waals surface area (Å²) in [7, 11) is -3.62. The number of nitrogens with zero attached hydrogens (tertiary/aromatic N) is 1. The molecule has 8 heteroatoms. The second-order valence-corrected chi connectivity index (χ2v) is 4.62. The van der Waals surface area contributed by atoms with Gasteiger partial charge in [-0.05, 0) is 0 Å². The van der Waals surface area contributed by atoms with Crippen molar-refractivity contribution in [1.29, 1.82) is 0 Å². The molecule has 0 unspecified atom stereocenters. The van der Waals surface area contributed by atoms with Crippen molar-refractivity contribution in [3.63, 3.8) is 0 Å². The van der Waals surface area contributed by atoms with E-state index < -0.39 is 22.7 Å². The van der Waals surface area contributed by atoms with Gasteiger partial charge in [-0.3, -0.25) is 4.79 Å². The lowest BCUT2D eigenvalue weighted by atomic mass is 10.4. The van der Waals surface area contributed by atoms with Gasteiger partial charge in [0.2, 0.25) is 0 Å². The summed E-state index contributed by atoms with van der Waals surface area (Å²) < 4.78 is 26.1. The van der Waals surface area contributed by atoms with E-state index in [1.54, 1.807) is 0 Å². The molecule has 0 aromatic rings. The zero-order valence-corrected chi connectivity index (χ0v) is 8.38. The lowest BCUT2D eigenvalue weighted by Crippen LogP contribution is -2.51. The molecule has 0 amide bonds. The van der Waals surface area contributed by atoms with Crippen LogP contribution in [0.1, 0.15) is 0 Å². The topological polar surface area (TPSA) is 98.7 Å². The van der Waals surface area contributed by atoms with Crippen LogP contribution in [-0.2, 0) is 15.0 Å². The predicted molar refractivity (Wildman–Crippen MR) is 49.0 cm³/mol. The minimum absolute atomic E-state index is 0.370. The number of carbonyl (C=O) groups is 1.